The van der Waals surface area contributed by atoms with Gasteiger partial charge in [-0.1, -0.05) is 32.0 Å². The molecule has 3 amide bonds. The number of carbonyl (C=O) groups excluding carboxylic acids is 4. The zero-order chi connectivity index (χ0) is 26.6. The molecule has 202 valence electrons. The first-order valence-electron chi connectivity index (χ1n) is 13.5. The Morgan fingerprint density at radius 3 is 2.24 bits per heavy atom. The van der Waals surface area contributed by atoms with Crippen molar-refractivity contribution in [1.29, 1.82) is 0 Å². The lowest BCUT2D eigenvalue weighted by atomic mass is 9.94. The highest BCUT2D eigenvalue weighted by atomic mass is 16.5. The van der Waals surface area contributed by atoms with Gasteiger partial charge >= 0.3 is 5.97 Å². The van der Waals surface area contributed by atoms with Crippen molar-refractivity contribution in [2.45, 2.75) is 64.6 Å². The minimum absolute atomic E-state index is 0.112. The Kier molecular flexibility index (Phi) is 8.52. The van der Waals surface area contributed by atoms with Crippen LogP contribution in [-0.2, 0) is 23.9 Å². The van der Waals surface area contributed by atoms with Gasteiger partial charge in [0.05, 0.1) is 19.1 Å². The third kappa shape index (κ3) is 5.81. The Hall–Kier alpha value is -2.94. The van der Waals surface area contributed by atoms with Crippen molar-refractivity contribution in [2.75, 3.05) is 39.4 Å². The highest BCUT2D eigenvalue weighted by molar-refractivity contribution is 5.98. The van der Waals surface area contributed by atoms with Crippen LogP contribution in [0, 0.1) is 11.8 Å². The number of esters is 1. The molecule has 37 heavy (non-hydrogen) atoms. The van der Waals surface area contributed by atoms with Crippen molar-refractivity contribution in [3.63, 3.8) is 0 Å². The van der Waals surface area contributed by atoms with Crippen LogP contribution in [0.15, 0.2) is 30.3 Å². The van der Waals surface area contributed by atoms with Crippen molar-refractivity contribution in [3.8, 4) is 0 Å². The summed E-state index contributed by atoms with van der Waals surface area (Å²) in [5.41, 5.74) is -0.421. The van der Waals surface area contributed by atoms with Crippen LogP contribution < -0.4 is 0 Å². The van der Waals surface area contributed by atoms with Gasteiger partial charge < -0.3 is 19.3 Å². The van der Waals surface area contributed by atoms with E-state index in [1.807, 2.05) is 24.8 Å². The van der Waals surface area contributed by atoms with Crippen molar-refractivity contribution < 1.29 is 28.7 Å². The van der Waals surface area contributed by atoms with Crippen LogP contribution in [0.2, 0.25) is 0 Å². The van der Waals surface area contributed by atoms with Crippen molar-refractivity contribution in [2.24, 2.45) is 11.8 Å². The molecular weight excluding hydrogens is 474 g/mol. The summed E-state index contributed by atoms with van der Waals surface area (Å²) < 4.78 is 11.5. The maximum atomic E-state index is 13.8. The molecular formula is C28H39N3O6. The van der Waals surface area contributed by atoms with Gasteiger partial charge in [0.15, 0.2) is 0 Å². The fourth-order valence-corrected chi connectivity index (χ4v) is 5.67. The van der Waals surface area contributed by atoms with Crippen LogP contribution in [0.3, 0.4) is 0 Å². The first kappa shape index (κ1) is 27.1. The highest BCUT2D eigenvalue weighted by Crippen LogP contribution is 2.39. The van der Waals surface area contributed by atoms with E-state index >= 15 is 0 Å². The summed E-state index contributed by atoms with van der Waals surface area (Å²) in [6, 6.07) is 8.22. The van der Waals surface area contributed by atoms with Crippen molar-refractivity contribution in [1.82, 2.24) is 14.7 Å². The van der Waals surface area contributed by atoms with Gasteiger partial charge in [0.25, 0.3) is 5.91 Å². The van der Waals surface area contributed by atoms with Gasteiger partial charge in [0.1, 0.15) is 11.8 Å². The summed E-state index contributed by atoms with van der Waals surface area (Å²) in [5.74, 6) is -0.415. The van der Waals surface area contributed by atoms with Crippen LogP contribution in [0.1, 0.15) is 63.2 Å². The predicted octanol–water partition coefficient (Wildman–Crippen LogP) is 2.69. The summed E-state index contributed by atoms with van der Waals surface area (Å²) in [4.78, 5) is 57.6. The molecule has 0 aromatic heterocycles. The second-order valence-electron chi connectivity index (χ2n) is 10.6. The zero-order valence-corrected chi connectivity index (χ0v) is 22.2. The Balaban J connectivity index is 1.51. The van der Waals surface area contributed by atoms with E-state index in [0.29, 0.717) is 70.5 Å². The number of rotatable bonds is 6. The summed E-state index contributed by atoms with van der Waals surface area (Å²) >= 11 is 0. The summed E-state index contributed by atoms with van der Waals surface area (Å²) in [5, 5.41) is 0. The van der Waals surface area contributed by atoms with Gasteiger partial charge in [-0.3, -0.25) is 24.1 Å². The van der Waals surface area contributed by atoms with Crippen LogP contribution in [-0.4, -0.2) is 89.6 Å². The lowest BCUT2D eigenvalue weighted by Gasteiger charge is -2.45. The average molecular weight is 514 g/mol. The lowest BCUT2D eigenvalue weighted by Crippen LogP contribution is -2.60. The van der Waals surface area contributed by atoms with Crippen molar-refractivity contribution >= 4 is 23.7 Å². The number of likely N-dealkylation sites (tertiary alicyclic amines) is 2. The van der Waals surface area contributed by atoms with Crippen LogP contribution in [0.4, 0.5) is 0 Å². The second kappa shape index (κ2) is 11.6. The van der Waals surface area contributed by atoms with E-state index in [0.717, 1.165) is 0 Å². The number of amides is 3. The molecule has 0 aliphatic carbocycles. The Labute approximate surface area is 219 Å². The molecule has 1 aromatic carbocycles. The molecule has 9 heteroatoms. The number of ether oxygens (including phenoxy) is 2. The fourth-order valence-electron chi connectivity index (χ4n) is 5.67. The summed E-state index contributed by atoms with van der Waals surface area (Å²) in [7, 11) is 0. The smallest absolute Gasteiger partial charge is 0.309 e. The highest BCUT2D eigenvalue weighted by Gasteiger charge is 2.55. The van der Waals surface area contributed by atoms with Crippen molar-refractivity contribution in [3.05, 3.63) is 35.9 Å². The van der Waals surface area contributed by atoms with Gasteiger partial charge in [-0.05, 0) is 37.8 Å². The van der Waals surface area contributed by atoms with Gasteiger partial charge in [-0.2, -0.15) is 0 Å². The first-order valence-corrected chi connectivity index (χ1v) is 13.5. The number of benzene rings is 1. The molecule has 1 atom stereocenters. The van der Waals surface area contributed by atoms with E-state index < -0.39 is 11.8 Å². The van der Waals surface area contributed by atoms with E-state index in [-0.39, 0.29) is 42.1 Å². The average Bonchev–Trinajstić information content (AvgIpc) is 3.26. The molecule has 0 saturated carbocycles. The third-order valence-corrected chi connectivity index (χ3v) is 7.69. The predicted molar refractivity (Wildman–Crippen MR) is 136 cm³/mol. The summed E-state index contributed by atoms with van der Waals surface area (Å²) in [6.07, 6.45) is 2.50. The Morgan fingerprint density at radius 2 is 1.65 bits per heavy atom. The molecule has 3 saturated heterocycles. The minimum atomic E-state index is -0.925. The van der Waals surface area contributed by atoms with Gasteiger partial charge in [0.2, 0.25) is 11.8 Å². The normalized spacial score (nSPS) is 21.9. The minimum Gasteiger partial charge on any atom is -0.466 e. The topological polar surface area (TPSA) is 96.5 Å². The maximum absolute atomic E-state index is 13.8. The van der Waals surface area contributed by atoms with Gasteiger partial charge in [-0.25, -0.2) is 0 Å². The van der Waals surface area contributed by atoms with E-state index in [9.17, 15) is 19.2 Å². The fraction of sp³-hybridized carbons (Fsp3) is 0.643. The molecule has 0 bridgehead atoms. The largest absolute Gasteiger partial charge is 0.466 e. The summed E-state index contributed by atoms with van der Waals surface area (Å²) in [6.45, 7) is 8.14. The first-order chi connectivity index (χ1) is 17.8. The second-order valence-corrected chi connectivity index (χ2v) is 10.6. The molecule has 3 fully saturated rings. The molecule has 3 aliphatic rings. The maximum Gasteiger partial charge on any atom is 0.309 e. The van der Waals surface area contributed by atoms with Gasteiger partial charge in [0, 0.05) is 51.0 Å². The number of hydrogen-bond acceptors (Lipinski definition) is 6. The van der Waals surface area contributed by atoms with E-state index in [4.69, 9.17) is 9.47 Å². The standard InChI is InChI=1S/C28H39N3O6/c1-4-36-27(35)22-10-14-30(15-11-22)26(34)23-19-37-28(31(23)25(33)21-8-6-5-7-9-21)12-16-29(17-13-28)24(32)18-20(2)3/h5-9,20,22-23H,4,10-19H2,1-3H3. The molecule has 3 aliphatic heterocycles. The quantitative estimate of drug-likeness (QED) is 0.543. The molecule has 1 unspecified atom stereocenters. The van der Waals surface area contributed by atoms with E-state index in [1.165, 1.54) is 0 Å². The van der Waals surface area contributed by atoms with Crippen LogP contribution >= 0.6 is 0 Å². The number of nitrogens with zero attached hydrogens (tertiary/aromatic N) is 3. The Bertz CT molecular complexity index is 981. The van der Waals surface area contributed by atoms with E-state index in [1.54, 1.807) is 41.0 Å². The molecule has 4 rings (SSSR count). The van der Waals surface area contributed by atoms with Gasteiger partial charge in [-0.15, -0.1) is 0 Å². The monoisotopic (exact) mass is 513 g/mol. The zero-order valence-electron chi connectivity index (χ0n) is 22.2. The molecule has 3 heterocycles. The Morgan fingerprint density at radius 1 is 1.00 bits per heavy atom. The number of carbonyl (C=O) groups is 4. The number of piperidine rings is 2. The SMILES string of the molecule is CCOC(=O)C1CCN(C(=O)C2COC3(CCN(C(=O)CC(C)C)CC3)N2C(=O)c2ccccc2)CC1. The molecule has 0 N–H and O–H groups in total. The van der Waals surface area contributed by atoms with E-state index in [2.05, 4.69) is 0 Å². The lowest BCUT2D eigenvalue weighted by molar-refractivity contribution is -0.152. The number of hydrogen-bond donors (Lipinski definition) is 0. The molecule has 0 radical (unpaired) electrons. The molecule has 1 spiro atoms. The molecule has 9 nitrogen and oxygen atoms in total. The van der Waals surface area contributed by atoms with Crippen LogP contribution in [0.25, 0.3) is 0 Å². The van der Waals surface area contributed by atoms with Crippen LogP contribution in [0.5, 0.6) is 0 Å². The molecule has 1 aromatic rings. The third-order valence-electron chi connectivity index (χ3n) is 7.69.